The average molecular weight is 589 g/mol. The number of benzene rings is 1. The van der Waals surface area contributed by atoms with Crippen molar-refractivity contribution in [3.05, 3.63) is 47.5 Å². The lowest BCUT2D eigenvalue weighted by Crippen LogP contribution is -2.47. The number of rotatable bonds is 8. The lowest BCUT2D eigenvalue weighted by molar-refractivity contribution is -0.0796. The largest absolute Gasteiger partial charge is 0.465 e. The first-order chi connectivity index (χ1) is 15.4. The molecular weight excluding hydrogens is 555 g/mol. The van der Waals surface area contributed by atoms with Crippen molar-refractivity contribution in [2.75, 3.05) is 6.54 Å². The van der Waals surface area contributed by atoms with Crippen LogP contribution >= 0.6 is 34.2 Å². The molecule has 2 rings (SSSR count). The van der Waals surface area contributed by atoms with Gasteiger partial charge in [0.1, 0.15) is 12.7 Å². The van der Waals surface area contributed by atoms with E-state index in [-0.39, 0.29) is 11.3 Å². The van der Waals surface area contributed by atoms with Crippen molar-refractivity contribution in [1.29, 1.82) is 0 Å². The highest BCUT2D eigenvalue weighted by molar-refractivity contribution is 14.1. The summed E-state index contributed by atoms with van der Waals surface area (Å²) >= 11 is 8.14. The van der Waals surface area contributed by atoms with E-state index >= 15 is 0 Å². The number of carbonyl (C=O) groups is 1. The quantitative estimate of drug-likeness (QED) is 0.227. The van der Waals surface area contributed by atoms with Crippen molar-refractivity contribution in [3.8, 4) is 11.8 Å². The summed E-state index contributed by atoms with van der Waals surface area (Å²) in [4.78, 5) is 14.1. The van der Waals surface area contributed by atoms with Gasteiger partial charge in [-0.3, -0.25) is 4.68 Å². The van der Waals surface area contributed by atoms with Crippen LogP contribution in [0.5, 0.6) is 0 Å². The van der Waals surface area contributed by atoms with Crippen molar-refractivity contribution < 1.29 is 15.0 Å². The summed E-state index contributed by atoms with van der Waals surface area (Å²) in [6.45, 7) is 10.7. The van der Waals surface area contributed by atoms with Crippen molar-refractivity contribution >= 4 is 40.3 Å². The van der Waals surface area contributed by atoms with Gasteiger partial charge in [0, 0.05) is 21.4 Å². The van der Waals surface area contributed by atoms with Crippen LogP contribution in [0.2, 0.25) is 5.02 Å². The maximum Gasteiger partial charge on any atom is 0.404 e. The van der Waals surface area contributed by atoms with Crippen LogP contribution in [0.25, 0.3) is 0 Å². The smallest absolute Gasteiger partial charge is 0.404 e. The monoisotopic (exact) mass is 588 g/mol. The Morgan fingerprint density at radius 3 is 2.39 bits per heavy atom. The Hall–Kier alpha value is -1.83. The number of aromatic nitrogens is 3. The molecule has 1 aromatic heterocycles. The van der Waals surface area contributed by atoms with Crippen LogP contribution in [-0.2, 0) is 13.0 Å². The zero-order chi connectivity index (χ0) is 25.1. The molecule has 3 N–H and O–H groups in total. The minimum absolute atomic E-state index is 0.103. The van der Waals surface area contributed by atoms with Crippen LogP contribution in [0.1, 0.15) is 46.6 Å². The average Bonchev–Trinajstić information content (AvgIpc) is 3.23. The molecule has 0 radical (unpaired) electrons. The molecule has 0 bridgehead atoms. The number of hydrogen-bond acceptors (Lipinski definition) is 4. The highest BCUT2D eigenvalue weighted by atomic mass is 127. The summed E-state index contributed by atoms with van der Waals surface area (Å²) in [6, 6.07) is 7.76. The van der Waals surface area contributed by atoms with E-state index in [1.165, 1.54) is 11.9 Å². The first-order valence-electron chi connectivity index (χ1n) is 10.7. The van der Waals surface area contributed by atoms with Crippen LogP contribution < -0.4 is 5.32 Å². The highest BCUT2D eigenvalue weighted by Gasteiger charge is 2.40. The maximum absolute atomic E-state index is 11.1. The summed E-state index contributed by atoms with van der Waals surface area (Å²) in [5, 5.41) is 26.6. The van der Waals surface area contributed by atoms with E-state index in [4.69, 9.17) is 16.7 Å². The number of nitrogens with zero attached hydrogens (tertiary/aromatic N) is 3. The molecule has 182 valence electrons. The first kappa shape index (κ1) is 29.2. The SMILES string of the molecule is CC#CC(CNC(=O)O)C(C)I.CC(C)(C)C(O)(CCc1ccc(Cl)cc1)Cn1cncn1. The van der Waals surface area contributed by atoms with Crippen molar-refractivity contribution in [1.82, 2.24) is 20.1 Å². The van der Waals surface area contributed by atoms with E-state index < -0.39 is 11.7 Å². The number of nitrogens with one attached hydrogen (secondary N) is 1. The third-order valence-corrected chi connectivity index (χ3v) is 6.50. The lowest BCUT2D eigenvalue weighted by atomic mass is 9.73. The van der Waals surface area contributed by atoms with Gasteiger partial charge in [-0.1, -0.05) is 79.9 Å². The van der Waals surface area contributed by atoms with Gasteiger partial charge in [-0.05, 0) is 42.9 Å². The molecule has 2 aromatic rings. The Kier molecular flexibility index (Phi) is 12.2. The van der Waals surface area contributed by atoms with Crippen molar-refractivity contribution in [2.24, 2.45) is 11.3 Å². The first-order valence-corrected chi connectivity index (χ1v) is 12.3. The number of carboxylic acid groups (broad SMARTS) is 1. The summed E-state index contributed by atoms with van der Waals surface area (Å²) in [6.07, 6.45) is 3.58. The van der Waals surface area contributed by atoms with Crippen LogP contribution in [0.15, 0.2) is 36.9 Å². The van der Waals surface area contributed by atoms with E-state index in [2.05, 4.69) is 49.8 Å². The minimum atomic E-state index is -0.991. The van der Waals surface area contributed by atoms with Crippen LogP contribution in [0.3, 0.4) is 0 Å². The van der Waals surface area contributed by atoms with E-state index in [1.54, 1.807) is 17.9 Å². The standard InChI is InChI=1S/C16H22ClN3O.C8H12INO2/c1-15(2,3)16(21,10-20-12-18-11-19-20)9-8-13-4-6-14(17)7-5-13;1-3-4-7(6(2)9)5-10-8(11)12/h4-7,11-12,21H,8-10H2,1-3H3;6-7,10H,5H2,1-2H3,(H,11,12). The van der Waals surface area contributed by atoms with Crippen LogP contribution in [0, 0.1) is 23.2 Å². The van der Waals surface area contributed by atoms with Gasteiger partial charge >= 0.3 is 6.09 Å². The van der Waals surface area contributed by atoms with Gasteiger partial charge in [-0.15, -0.1) is 5.92 Å². The molecule has 1 amide bonds. The molecule has 0 fully saturated rings. The number of alkyl halides is 1. The topological polar surface area (TPSA) is 100 Å². The zero-order valence-electron chi connectivity index (χ0n) is 19.8. The molecule has 0 aliphatic carbocycles. The van der Waals surface area contributed by atoms with E-state index in [0.29, 0.717) is 23.4 Å². The van der Waals surface area contributed by atoms with E-state index in [0.717, 1.165) is 11.4 Å². The van der Waals surface area contributed by atoms with Crippen molar-refractivity contribution in [3.63, 3.8) is 0 Å². The molecule has 0 aliphatic heterocycles. The Labute approximate surface area is 215 Å². The number of amides is 1. The number of hydrogen-bond donors (Lipinski definition) is 3. The summed E-state index contributed by atoms with van der Waals surface area (Å²) < 4.78 is 2.04. The summed E-state index contributed by atoms with van der Waals surface area (Å²) in [7, 11) is 0. The predicted octanol–water partition coefficient (Wildman–Crippen LogP) is 5.06. The van der Waals surface area contributed by atoms with Gasteiger partial charge in [0.15, 0.2) is 0 Å². The Bertz CT molecular complexity index is 903. The van der Waals surface area contributed by atoms with E-state index in [9.17, 15) is 9.90 Å². The second kappa shape index (κ2) is 13.8. The molecule has 0 aliphatic rings. The molecule has 0 saturated carbocycles. The van der Waals surface area contributed by atoms with Gasteiger partial charge < -0.3 is 15.5 Å². The third-order valence-electron chi connectivity index (χ3n) is 5.38. The van der Waals surface area contributed by atoms with Gasteiger partial charge in [0.2, 0.25) is 0 Å². The van der Waals surface area contributed by atoms with Crippen molar-refractivity contribution in [2.45, 2.75) is 63.5 Å². The third kappa shape index (κ3) is 10.8. The van der Waals surface area contributed by atoms with Crippen LogP contribution in [-0.4, -0.2) is 47.1 Å². The Morgan fingerprint density at radius 2 is 1.94 bits per heavy atom. The number of aryl methyl sites for hydroxylation is 1. The fraction of sp³-hybridized carbons (Fsp3) is 0.542. The number of aliphatic hydroxyl groups is 1. The van der Waals surface area contributed by atoms with E-state index in [1.807, 2.05) is 52.0 Å². The second-order valence-corrected chi connectivity index (χ2v) is 11.3. The molecule has 0 saturated heterocycles. The minimum Gasteiger partial charge on any atom is -0.465 e. The molecule has 7 nitrogen and oxygen atoms in total. The molecule has 3 unspecified atom stereocenters. The lowest BCUT2D eigenvalue weighted by Gasteiger charge is -2.40. The summed E-state index contributed by atoms with van der Waals surface area (Å²) in [5.41, 5.74) is 0.0479. The van der Waals surface area contributed by atoms with Gasteiger partial charge in [-0.2, -0.15) is 5.10 Å². The fourth-order valence-corrected chi connectivity index (χ4v) is 3.55. The van der Waals surface area contributed by atoms with Crippen LogP contribution in [0.4, 0.5) is 4.79 Å². The molecule has 1 aromatic carbocycles. The number of halogens is 2. The highest BCUT2D eigenvalue weighted by Crippen LogP contribution is 2.35. The molecule has 9 heteroatoms. The molecule has 1 heterocycles. The Balaban J connectivity index is 0.000000389. The molecule has 0 spiro atoms. The predicted molar refractivity (Wildman–Crippen MR) is 141 cm³/mol. The fourth-order valence-electron chi connectivity index (χ4n) is 2.99. The summed E-state index contributed by atoms with van der Waals surface area (Å²) in [5.74, 6) is 5.84. The molecule has 33 heavy (non-hydrogen) atoms. The normalized spacial score (nSPS) is 14.5. The maximum atomic E-state index is 11.1. The van der Waals surface area contributed by atoms with Gasteiger partial charge in [0.05, 0.1) is 12.1 Å². The molecule has 3 atom stereocenters. The zero-order valence-corrected chi connectivity index (χ0v) is 22.8. The Morgan fingerprint density at radius 1 is 1.30 bits per heavy atom. The second-order valence-electron chi connectivity index (χ2n) is 8.87. The molecular formula is C24H34ClIN4O3. The van der Waals surface area contributed by atoms with Gasteiger partial charge in [-0.25, -0.2) is 9.78 Å². The van der Waals surface area contributed by atoms with Gasteiger partial charge in [0.25, 0.3) is 0 Å².